The van der Waals surface area contributed by atoms with Gasteiger partial charge in [0.05, 0.1) is 5.54 Å². The van der Waals surface area contributed by atoms with E-state index in [1.54, 1.807) is 0 Å². The molecule has 0 N–H and O–H groups in total. The fraction of sp³-hybridized carbons (Fsp3) is 0.900. The van der Waals surface area contributed by atoms with Crippen LogP contribution in [0.5, 0.6) is 0 Å². The van der Waals surface area contributed by atoms with E-state index >= 15 is 0 Å². The molecule has 0 unspecified atom stereocenters. The van der Waals surface area contributed by atoms with E-state index in [1.807, 2.05) is 0 Å². The molecule has 0 saturated carbocycles. The van der Waals surface area contributed by atoms with Crippen molar-refractivity contribution in [3.8, 4) is 0 Å². The lowest BCUT2D eigenvalue weighted by Crippen LogP contribution is -2.40. The Hall–Kier alpha value is -0.320. The molecule has 0 saturated heterocycles. The van der Waals surface area contributed by atoms with E-state index < -0.39 is 7.92 Å². The summed E-state index contributed by atoms with van der Waals surface area (Å²) in [5.41, 5.74) is 1.22. The molecule has 0 heterocycles. The second-order valence-electron chi connectivity index (χ2n) is 9.99. The molecule has 0 bridgehead atoms. The summed E-state index contributed by atoms with van der Waals surface area (Å²) >= 11 is 0. The van der Waals surface area contributed by atoms with E-state index in [1.165, 1.54) is 5.44 Å². The zero-order chi connectivity index (χ0) is 18.8. The highest BCUT2D eigenvalue weighted by Gasteiger charge is 2.40. The number of rotatable bonds is 4. The maximum atomic E-state index is 4.78. The molecule has 0 aliphatic rings. The molecule has 0 aromatic carbocycles. The Labute approximate surface area is 147 Å². The molecule has 0 fully saturated rings. The largest absolute Gasteiger partial charge is 0.359 e. The van der Waals surface area contributed by atoms with Gasteiger partial charge in [0.2, 0.25) is 0 Å². The quantitative estimate of drug-likeness (QED) is 0.421. The zero-order valence-corrected chi connectivity index (χ0v) is 18.9. The number of nitrogens with zero attached hydrogens (tertiary/aromatic N) is 2. The highest BCUT2D eigenvalue weighted by Crippen LogP contribution is 2.65. The number of hydrogen-bond acceptors (Lipinski definition) is 2. The van der Waals surface area contributed by atoms with Gasteiger partial charge in [-0.1, -0.05) is 41.5 Å². The summed E-state index contributed by atoms with van der Waals surface area (Å²) in [5, 5.41) is 0.427. The highest BCUT2D eigenvalue weighted by atomic mass is 31.1. The Morgan fingerprint density at radius 1 is 0.783 bits per heavy atom. The van der Waals surface area contributed by atoms with Gasteiger partial charge >= 0.3 is 0 Å². The molecule has 0 radical (unpaired) electrons. The van der Waals surface area contributed by atoms with Crippen LogP contribution in [0.3, 0.4) is 0 Å². The van der Waals surface area contributed by atoms with Crippen LogP contribution in [0.1, 0.15) is 90.0 Å². The first kappa shape index (κ1) is 22.7. The molecular weight excluding hydrogens is 299 g/mol. The van der Waals surface area contributed by atoms with Crippen molar-refractivity contribution in [1.82, 2.24) is 4.90 Å². The van der Waals surface area contributed by atoms with Crippen molar-refractivity contribution in [2.24, 2.45) is 4.99 Å². The van der Waals surface area contributed by atoms with Gasteiger partial charge in [-0.25, -0.2) is 4.99 Å². The lowest BCUT2D eigenvalue weighted by Gasteiger charge is -2.47. The minimum absolute atomic E-state index is 0.0956. The zero-order valence-electron chi connectivity index (χ0n) is 18.0. The van der Waals surface area contributed by atoms with Crippen molar-refractivity contribution >= 4 is 13.8 Å². The van der Waals surface area contributed by atoms with Crippen molar-refractivity contribution in [3.63, 3.8) is 0 Å². The lowest BCUT2D eigenvalue weighted by atomic mass is 10.1. The standard InChI is InChI=1S/C20H41N2P/c1-15(2)22(16(3)4)17(14-21-18(5,6)7)23(19(8,9)10)20(11,12)13/h15-16H,1-13H3. The third kappa shape index (κ3) is 7.40. The summed E-state index contributed by atoms with van der Waals surface area (Å²) in [6, 6.07) is 0.893. The van der Waals surface area contributed by atoms with Gasteiger partial charge in [0.1, 0.15) is 5.44 Å². The van der Waals surface area contributed by atoms with Gasteiger partial charge in [0.25, 0.3) is 0 Å². The van der Waals surface area contributed by atoms with Gasteiger partial charge < -0.3 is 4.90 Å². The van der Waals surface area contributed by atoms with Crippen LogP contribution in [-0.4, -0.2) is 38.7 Å². The first-order chi connectivity index (χ1) is 9.98. The second-order valence-corrected chi connectivity index (χ2v) is 13.8. The summed E-state index contributed by atoms with van der Waals surface area (Å²) in [7, 11) is -0.426. The maximum Gasteiger partial charge on any atom is 0.100 e. The predicted molar refractivity (Wildman–Crippen MR) is 109 cm³/mol. The molecule has 0 atom stereocenters. The Morgan fingerprint density at radius 2 is 1.13 bits per heavy atom. The summed E-state index contributed by atoms with van der Waals surface area (Å²) < 4.78 is 0. The average Bonchev–Trinajstić information content (AvgIpc) is 2.19. The Bertz CT molecular complexity index is 414. The molecule has 0 aliphatic heterocycles. The van der Waals surface area contributed by atoms with Gasteiger partial charge in [-0.05, 0) is 66.7 Å². The van der Waals surface area contributed by atoms with E-state index in [0.717, 1.165) is 0 Å². The van der Waals surface area contributed by atoms with Crippen LogP contribution >= 0.6 is 7.92 Å². The molecular formula is C20H41N2P. The van der Waals surface area contributed by atoms with Gasteiger partial charge in [0.15, 0.2) is 0 Å². The van der Waals surface area contributed by atoms with E-state index in [4.69, 9.17) is 4.99 Å². The van der Waals surface area contributed by atoms with E-state index in [2.05, 4.69) is 101 Å². The Kier molecular flexibility index (Phi) is 7.60. The van der Waals surface area contributed by atoms with Crippen LogP contribution in [0.4, 0.5) is 0 Å². The molecule has 0 spiro atoms. The SMILES string of the molecule is CC(C)N(C(=C=NC(C)(C)C)P(C(C)(C)C)C(C)(C)C)C(C)C. The van der Waals surface area contributed by atoms with Crippen LogP contribution in [0.2, 0.25) is 0 Å². The maximum absolute atomic E-state index is 4.78. The molecule has 0 aromatic rings. The van der Waals surface area contributed by atoms with Crippen molar-refractivity contribution in [3.05, 3.63) is 5.44 Å². The van der Waals surface area contributed by atoms with E-state index in [-0.39, 0.29) is 15.9 Å². The Balaban J connectivity index is 6.51. The van der Waals surface area contributed by atoms with Crippen LogP contribution in [0.15, 0.2) is 10.4 Å². The summed E-state index contributed by atoms with van der Waals surface area (Å²) in [6.07, 6.45) is 0. The lowest BCUT2D eigenvalue weighted by molar-refractivity contribution is 0.249. The second kappa shape index (κ2) is 7.71. The van der Waals surface area contributed by atoms with Crippen molar-refractivity contribution < 1.29 is 0 Å². The topological polar surface area (TPSA) is 15.6 Å². The summed E-state index contributed by atoms with van der Waals surface area (Å²) in [6.45, 7) is 29.7. The monoisotopic (exact) mass is 340 g/mol. The van der Waals surface area contributed by atoms with Crippen molar-refractivity contribution in [2.45, 2.75) is 118 Å². The molecule has 23 heavy (non-hydrogen) atoms. The highest BCUT2D eigenvalue weighted by molar-refractivity contribution is 7.65. The van der Waals surface area contributed by atoms with Gasteiger partial charge in [-0.2, -0.15) is 0 Å². The van der Waals surface area contributed by atoms with Gasteiger partial charge in [-0.15, -0.1) is 0 Å². The normalized spacial score (nSPS) is 13.6. The Morgan fingerprint density at radius 3 is 1.35 bits per heavy atom. The fourth-order valence-electron chi connectivity index (χ4n) is 3.17. The predicted octanol–water partition coefficient (Wildman–Crippen LogP) is 6.49. The molecule has 136 valence electrons. The number of aliphatic imine (C=N–C) groups is 1. The third-order valence-electron chi connectivity index (χ3n) is 3.40. The molecule has 0 aromatic heterocycles. The van der Waals surface area contributed by atoms with E-state index in [0.29, 0.717) is 12.1 Å². The van der Waals surface area contributed by atoms with Crippen molar-refractivity contribution in [1.29, 1.82) is 0 Å². The molecule has 0 aliphatic carbocycles. The van der Waals surface area contributed by atoms with E-state index in [9.17, 15) is 0 Å². The van der Waals surface area contributed by atoms with Crippen LogP contribution in [-0.2, 0) is 0 Å². The summed E-state index contributed by atoms with van der Waals surface area (Å²) in [4.78, 5) is 7.30. The van der Waals surface area contributed by atoms with Crippen molar-refractivity contribution in [2.75, 3.05) is 0 Å². The van der Waals surface area contributed by atoms with Crippen LogP contribution in [0.25, 0.3) is 0 Å². The fourth-order valence-corrected chi connectivity index (χ4v) is 7.29. The van der Waals surface area contributed by atoms with Gasteiger partial charge in [-0.3, -0.25) is 0 Å². The van der Waals surface area contributed by atoms with Crippen LogP contribution < -0.4 is 0 Å². The van der Waals surface area contributed by atoms with Gasteiger partial charge in [0, 0.05) is 18.0 Å². The third-order valence-corrected chi connectivity index (χ3v) is 6.84. The smallest absolute Gasteiger partial charge is 0.100 e. The first-order valence-electron chi connectivity index (χ1n) is 8.92. The number of hydrogen-bond donors (Lipinski definition) is 0. The average molecular weight is 341 g/mol. The molecule has 2 nitrogen and oxygen atoms in total. The summed E-state index contributed by atoms with van der Waals surface area (Å²) in [5.74, 6) is 3.53. The first-order valence-corrected chi connectivity index (χ1v) is 10.3. The molecule has 0 amide bonds. The minimum Gasteiger partial charge on any atom is -0.359 e. The minimum atomic E-state index is -0.426. The van der Waals surface area contributed by atoms with Crippen LogP contribution in [0, 0.1) is 0 Å². The molecule has 0 rings (SSSR count). The molecule has 3 heteroatoms.